The fraction of sp³-hybridized carbons (Fsp3) is 0.750. The third-order valence-corrected chi connectivity index (χ3v) is 4.63. The van der Waals surface area contributed by atoms with Gasteiger partial charge in [-0.2, -0.15) is 0 Å². The van der Waals surface area contributed by atoms with Gasteiger partial charge in [0.1, 0.15) is 17.5 Å². The van der Waals surface area contributed by atoms with Crippen molar-refractivity contribution in [2.45, 2.75) is 45.1 Å². The summed E-state index contributed by atoms with van der Waals surface area (Å²) in [7, 11) is 1.93. The summed E-state index contributed by atoms with van der Waals surface area (Å²) in [6, 6.07) is 2.81. The monoisotopic (exact) mass is 289 g/mol. The Kier molecular flexibility index (Phi) is 4.58. The molecule has 116 valence electrons. The van der Waals surface area contributed by atoms with Crippen LogP contribution in [0.5, 0.6) is 0 Å². The number of aryl methyl sites for hydroxylation is 1. The Bertz CT molecular complexity index is 470. The molecule has 1 atom stereocenters. The van der Waals surface area contributed by atoms with Crippen LogP contribution in [0.1, 0.15) is 38.4 Å². The van der Waals surface area contributed by atoms with Crippen LogP contribution in [0.3, 0.4) is 0 Å². The van der Waals surface area contributed by atoms with Crippen LogP contribution in [-0.4, -0.2) is 54.1 Å². The summed E-state index contributed by atoms with van der Waals surface area (Å²) >= 11 is 0. The van der Waals surface area contributed by atoms with Crippen molar-refractivity contribution in [3.05, 3.63) is 11.9 Å². The minimum absolute atomic E-state index is 0.718. The topological polar surface area (TPSA) is 44.3 Å². The van der Waals surface area contributed by atoms with Gasteiger partial charge < -0.3 is 10.2 Å². The molecule has 2 aliphatic heterocycles. The molecule has 0 spiro atoms. The maximum Gasteiger partial charge on any atom is 0.134 e. The highest BCUT2D eigenvalue weighted by atomic mass is 15.3. The van der Waals surface area contributed by atoms with E-state index in [2.05, 4.69) is 33.1 Å². The van der Waals surface area contributed by atoms with Crippen LogP contribution in [0.4, 0.5) is 11.6 Å². The minimum Gasteiger partial charge on any atom is -0.373 e. The molecule has 5 heteroatoms. The van der Waals surface area contributed by atoms with Crippen molar-refractivity contribution >= 4 is 11.6 Å². The zero-order valence-electron chi connectivity index (χ0n) is 13.3. The first-order valence-corrected chi connectivity index (χ1v) is 8.35. The molecule has 1 aromatic rings. The normalized spacial score (nSPS) is 23.0. The molecule has 0 aliphatic carbocycles. The first-order valence-electron chi connectivity index (χ1n) is 8.35. The van der Waals surface area contributed by atoms with E-state index in [9.17, 15) is 0 Å². The van der Waals surface area contributed by atoms with Crippen molar-refractivity contribution in [2.24, 2.45) is 0 Å². The van der Waals surface area contributed by atoms with Crippen LogP contribution < -0.4 is 10.2 Å². The highest BCUT2D eigenvalue weighted by molar-refractivity contribution is 5.50. The van der Waals surface area contributed by atoms with Crippen LogP contribution in [-0.2, 0) is 6.42 Å². The van der Waals surface area contributed by atoms with E-state index in [4.69, 9.17) is 4.98 Å². The maximum absolute atomic E-state index is 4.77. The molecule has 1 unspecified atom stereocenters. The fourth-order valence-corrected chi connectivity index (χ4v) is 3.46. The first-order chi connectivity index (χ1) is 10.3. The lowest BCUT2D eigenvalue weighted by Gasteiger charge is -2.24. The van der Waals surface area contributed by atoms with E-state index in [1.165, 1.54) is 32.4 Å². The summed E-state index contributed by atoms with van der Waals surface area (Å²) in [5, 5.41) is 3.17. The molecule has 0 saturated carbocycles. The van der Waals surface area contributed by atoms with Gasteiger partial charge in [-0.1, -0.05) is 6.92 Å². The van der Waals surface area contributed by atoms with E-state index in [0.29, 0.717) is 0 Å². The molecule has 1 aromatic heterocycles. The van der Waals surface area contributed by atoms with Gasteiger partial charge in [0, 0.05) is 38.7 Å². The van der Waals surface area contributed by atoms with Gasteiger partial charge in [-0.3, -0.25) is 4.90 Å². The Hall–Kier alpha value is -1.36. The largest absolute Gasteiger partial charge is 0.373 e. The number of hydrogen-bond donors (Lipinski definition) is 1. The molecule has 3 heterocycles. The zero-order chi connectivity index (χ0) is 14.7. The van der Waals surface area contributed by atoms with Crippen molar-refractivity contribution in [3.63, 3.8) is 0 Å². The lowest BCUT2D eigenvalue weighted by Crippen LogP contribution is -2.35. The standard InChI is InChI=1S/C16H27N5/c1-3-6-14-18-15(17-2)11-16(19-14)21-10-7-13(12-21)20-8-4-5-9-20/h11,13H,3-10,12H2,1-2H3,(H,17,18,19). The van der Waals surface area contributed by atoms with Crippen molar-refractivity contribution in [1.82, 2.24) is 14.9 Å². The number of hydrogen-bond acceptors (Lipinski definition) is 5. The average Bonchev–Trinajstić information content (AvgIpc) is 3.18. The van der Waals surface area contributed by atoms with Crippen LogP contribution in [0.2, 0.25) is 0 Å². The lowest BCUT2D eigenvalue weighted by molar-refractivity contribution is 0.260. The Balaban J connectivity index is 1.72. The second-order valence-corrected chi connectivity index (χ2v) is 6.16. The minimum atomic E-state index is 0.718. The summed E-state index contributed by atoms with van der Waals surface area (Å²) in [5.74, 6) is 3.00. The van der Waals surface area contributed by atoms with Gasteiger partial charge >= 0.3 is 0 Å². The third-order valence-electron chi connectivity index (χ3n) is 4.63. The average molecular weight is 289 g/mol. The van der Waals surface area contributed by atoms with Crippen molar-refractivity contribution in [1.29, 1.82) is 0 Å². The molecule has 2 saturated heterocycles. The van der Waals surface area contributed by atoms with Crippen molar-refractivity contribution in [3.8, 4) is 0 Å². The Morgan fingerprint density at radius 3 is 2.76 bits per heavy atom. The third kappa shape index (κ3) is 3.28. The first kappa shape index (κ1) is 14.6. The van der Waals surface area contributed by atoms with Gasteiger partial charge in [-0.15, -0.1) is 0 Å². The van der Waals surface area contributed by atoms with E-state index < -0.39 is 0 Å². The van der Waals surface area contributed by atoms with Gasteiger partial charge in [-0.25, -0.2) is 9.97 Å². The smallest absolute Gasteiger partial charge is 0.134 e. The molecular formula is C16H27N5. The maximum atomic E-state index is 4.77. The van der Waals surface area contributed by atoms with Crippen LogP contribution in [0, 0.1) is 0 Å². The molecule has 0 bridgehead atoms. The van der Waals surface area contributed by atoms with Crippen LogP contribution in [0.25, 0.3) is 0 Å². The molecule has 1 N–H and O–H groups in total. The molecule has 2 aliphatic rings. The summed E-state index contributed by atoms with van der Waals surface area (Å²) in [5.41, 5.74) is 0. The van der Waals surface area contributed by atoms with Gasteiger partial charge in [0.25, 0.3) is 0 Å². The molecule has 21 heavy (non-hydrogen) atoms. The second kappa shape index (κ2) is 6.60. The van der Waals surface area contributed by atoms with Gasteiger partial charge in [0.2, 0.25) is 0 Å². The number of aromatic nitrogens is 2. The quantitative estimate of drug-likeness (QED) is 0.900. The Labute approximate surface area is 127 Å². The number of rotatable bonds is 5. The van der Waals surface area contributed by atoms with Crippen molar-refractivity contribution < 1.29 is 0 Å². The number of nitrogens with zero attached hydrogens (tertiary/aromatic N) is 4. The van der Waals surface area contributed by atoms with E-state index >= 15 is 0 Å². The number of likely N-dealkylation sites (tertiary alicyclic amines) is 1. The fourth-order valence-electron chi connectivity index (χ4n) is 3.46. The highest BCUT2D eigenvalue weighted by Gasteiger charge is 2.30. The van der Waals surface area contributed by atoms with Crippen LogP contribution >= 0.6 is 0 Å². The molecular weight excluding hydrogens is 262 g/mol. The van der Waals surface area contributed by atoms with E-state index in [-0.39, 0.29) is 0 Å². The van der Waals surface area contributed by atoms with E-state index in [0.717, 1.165) is 49.4 Å². The number of nitrogens with one attached hydrogen (secondary N) is 1. The highest BCUT2D eigenvalue weighted by Crippen LogP contribution is 2.25. The SMILES string of the molecule is CCCc1nc(NC)cc(N2CCC(N3CCCC3)C2)n1. The molecule has 0 amide bonds. The van der Waals surface area contributed by atoms with E-state index in [1.807, 2.05) is 7.05 Å². The van der Waals surface area contributed by atoms with Gasteiger partial charge in [0.15, 0.2) is 0 Å². The summed E-state index contributed by atoms with van der Waals surface area (Å²) < 4.78 is 0. The summed E-state index contributed by atoms with van der Waals surface area (Å²) in [4.78, 5) is 14.4. The predicted octanol–water partition coefficient (Wildman–Crippen LogP) is 2.15. The van der Waals surface area contributed by atoms with Gasteiger partial charge in [-0.05, 0) is 38.8 Å². The Morgan fingerprint density at radius 1 is 1.24 bits per heavy atom. The molecule has 0 aromatic carbocycles. The summed E-state index contributed by atoms with van der Waals surface area (Å²) in [6.45, 7) is 6.98. The lowest BCUT2D eigenvalue weighted by atomic mass is 10.2. The molecule has 5 nitrogen and oxygen atoms in total. The molecule has 3 rings (SSSR count). The zero-order valence-corrected chi connectivity index (χ0v) is 13.3. The van der Waals surface area contributed by atoms with Gasteiger partial charge in [0.05, 0.1) is 0 Å². The van der Waals surface area contributed by atoms with Crippen molar-refractivity contribution in [2.75, 3.05) is 43.4 Å². The molecule has 0 radical (unpaired) electrons. The Morgan fingerprint density at radius 2 is 2.05 bits per heavy atom. The predicted molar refractivity (Wildman–Crippen MR) is 87.0 cm³/mol. The summed E-state index contributed by atoms with van der Waals surface area (Å²) in [6.07, 6.45) is 6.04. The molecule has 2 fully saturated rings. The number of anilines is 2. The van der Waals surface area contributed by atoms with Crippen LogP contribution in [0.15, 0.2) is 6.07 Å². The van der Waals surface area contributed by atoms with E-state index in [1.54, 1.807) is 0 Å². The second-order valence-electron chi connectivity index (χ2n) is 6.16.